The summed E-state index contributed by atoms with van der Waals surface area (Å²) in [6.07, 6.45) is 0.191. The summed E-state index contributed by atoms with van der Waals surface area (Å²) in [5.74, 6) is -0.817. The minimum Gasteiger partial charge on any atom is -0.321 e. The molecule has 1 unspecified atom stereocenters. The molecule has 0 aliphatic carbocycles. The smallest absolute Gasteiger partial charge is 0.128 e. The van der Waals surface area contributed by atoms with Crippen LogP contribution in [0.1, 0.15) is 18.1 Å². The minimum atomic E-state index is -0.986. The van der Waals surface area contributed by atoms with Crippen LogP contribution in [0.5, 0.6) is 0 Å². The number of hydrogen-bond acceptors (Lipinski definition) is 1. The van der Waals surface area contributed by atoms with Crippen molar-refractivity contribution in [1.82, 2.24) is 0 Å². The molecule has 4 heteroatoms. The molecule has 2 N–H and O–H groups in total. The van der Waals surface area contributed by atoms with Crippen molar-refractivity contribution in [3.8, 4) is 0 Å². The van der Waals surface area contributed by atoms with Gasteiger partial charge in [0.1, 0.15) is 11.6 Å². The Kier molecular flexibility index (Phi) is 3.88. The Morgan fingerprint density at radius 1 is 1.11 bits per heavy atom. The Morgan fingerprint density at radius 3 is 2.42 bits per heavy atom. The van der Waals surface area contributed by atoms with Gasteiger partial charge in [-0.05, 0) is 37.1 Å². The predicted octanol–water partition coefficient (Wildman–Crippen LogP) is 4.03. The quantitative estimate of drug-likeness (QED) is 0.903. The average Bonchev–Trinajstić information content (AvgIpc) is 2.33. The maximum atomic E-state index is 13.8. The summed E-state index contributed by atoms with van der Waals surface area (Å²) in [7, 11) is 0. The van der Waals surface area contributed by atoms with Crippen LogP contribution >= 0.6 is 11.6 Å². The number of hydrogen-bond donors (Lipinski definition) is 1. The molecule has 2 aromatic carbocycles. The van der Waals surface area contributed by atoms with Gasteiger partial charge >= 0.3 is 0 Å². The van der Waals surface area contributed by atoms with E-state index in [0.29, 0.717) is 16.1 Å². The first-order valence-corrected chi connectivity index (χ1v) is 6.26. The zero-order valence-electron chi connectivity index (χ0n) is 10.5. The normalized spacial score (nSPS) is 14.2. The van der Waals surface area contributed by atoms with Gasteiger partial charge in [-0.2, -0.15) is 0 Å². The summed E-state index contributed by atoms with van der Waals surface area (Å²) in [4.78, 5) is 0. The molecule has 0 heterocycles. The van der Waals surface area contributed by atoms with Crippen molar-refractivity contribution < 1.29 is 8.78 Å². The monoisotopic (exact) mass is 281 g/mol. The standard InChI is InChI=1S/C15H14ClF2N/c1-15(19,12-4-2-3-5-13(12)17)9-10-6-7-11(16)8-14(10)18/h2-8H,9,19H2,1H3. The molecule has 100 valence electrons. The molecule has 0 saturated heterocycles. The van der Waals surface area contributed by atoms with E-state index in [4.69, 9.17) is 17.3 Å². The SMILES string of the molecule is CC(N)(Cc1ccc(Cl)cc1F)c1ccccc1F. The number of rotatable bonds is 3. The molecule has 0 aliphatic heterocycles. The van der Waals surface area contributed by atoms with Crippen LogP contribution in [0.25, 0.3) is 0 Å². The van der Waals surface area contributed by atoms with Crippen molar-refractivity contribution in [3.63, 3.8) is 0 Å². The van der Waals surface area contributed by atoms with Crippen molar-refractivity contribution in [2.75, 3.05) is 0 Å². The summed E-state index contributed by atoms with van der Waals surface area (Å²) in [5.41, 5.74) is 5.93. The largest absolute Gasteiger partial charge is 0.321 e. The van der Waals surface area contributed by atoms with Gasteiger partial charge in [-0.3, -0.25) is 0 Å². The summed E-state index contributed by atoms with van der Waals surface area (Å²) in [5, 5.41) is 0.325. The lowest BCUT2D eigenvalue weighted by atomic mass is 9.86. The fourth-order valence-corrected chi connectivity index (χ4v) is 2.24. The van der Waals surface area contributed by atoms with Gasteiger partial charge in [-0.25, -0.2) is 8.78 Å². The molecule has 0 aliphatic rings. The molecule has 0 spiro atoms. The molecule has 0 bridgehead atoms. The summed E-state index contributed by atoms with van der Waals surface area (Å²) in [6, 6.07) is 10.7. The minimum absolute atomic E-state index is 0.191. The van der Waals surface area contributed by atoms with Crippen LogP contribution in [0, 0.1) is 11.6 Å². The van der Waals surface area contributed by atoms with Gasteiger partial charge in [-0.15, -0.1) is 0 Å². The Labute approximate surface area is 116 Å². The van der Waals surface area contributed by atoms with E-state index < -0.39 is 11.4 Å². The molecule has 0 fully saturated rings. The second-order valence-corrected chi connectivity index (χ2v) is 5.25. The summed E-state index contributed by atoms with van der Waals surface area (Å²) in [6.45, 7) is 1.68. The van der Waals surface area contributed by atoms with Crippen LogP contribution in [0.4, 0.5) is 8.78 Å². The highest BCUT2D eigenvalue weighted by Crippen LogP contribution is 2.27. The van der Waals surface area contributed by atoms with E-state index in [9.17, 15) is 8.78 Å². The fraction of sp³-hybridized carbons (Fsp3) is 0.200. The first-order valence-electron chi connectivity index (χ1n) is 5.88. The Balaban J connectivity index is 2.33. The summed E-state index contributed by atoms with van der Waals surface area (Å²) >= 11 is 5.70. The van der Waals surface area contributed by atoms with Crippen molar-refractivity contribution in [3.05, 3.63) is 70.2 Å². The highest BCUT2D eigenvalue weighted by Gasteiger charge is 2.26. The van der Waals surface area contributed by atoms with Crippen LogP contribution in [0.2, 0.25) is 5.02 Å². The van der Waals surface area contributed by atoms with Gasteiger partial charge in [0.2, 0.25) is 0 Å². The molecular formula is C15H14ClF2N. The van der Waals surface area contributed by atoms with Crippen LogP contribution in [-0.2, 0) is 12.0 Å². The molecule has 0 radical (unpaired) electrons. The topological polar surface area (TPSA) is 26.0 Å². The molecule has 2 aromatic rings. The van der Waals surface area contributed by atoms with E-state index in [1.165, 1.54) is 12.1 Å². The van der Waals surface area contributed by atoms with Crippen LogP contribution in [-0.4, -0.2) is 0 Å². The van der Waals surface area contributed by atoms with E-state index >= 15 is 0 Å². The van der Waals surface area contributed by atoms with Gasteiger partial charge in [0.25, 0.3) is 0 Å². The van der Waals surface area contributed by atoms with Crippen molar-refractivity contribution in [1.29, 1.82) is 0 Å². The first-order chi connectivity index (χ1) is 8.90. The van der Waals surface area contributed by atoms with E-state index in [1.54, 1.807) is 37.3 Å². The number of halogens is 3. The number of nitrogens with two attached hydrogens (primary N) is 1. The second kappa shape index (κ2) is 5.27. The molecular weight excluding hydrogens is 268 g/mol. The lowest BCUT2D eigenvalue weighted by Gasteiger charge is -2.26. The third kappa shape index (κ3) is 3.11. The van der Waals surface area contributed by atoms with Gasteiger partial charge in [0.05, 0.1) is 0 Å². The predicted molar refractivity (Wildman–Crippen MR) is 73.1 cm³/mol. The highest BCUT2D eigenvalue weighted by atomic mass is 35.5. The zero-order chi connectivity index (χ0) is 14.0. The van der Waals surface area contributed by atoms with Crippen LogP contribution in [0.15, 0.2) is 42.5 Å². The molecule has 0 aromatic heterocycles. The third-order valence-corrected chi connectivity index (χ3v) is 3.30. The van der Waals surface area contributed by atoms with E-state index in [2.05, 4.69) is 0 Å². The van der Waals surface area contributed by atoms with Crippen molar-refractivity contribution in [2.24, 2.45) is 5.73 Å². The molecule has 1 atom stereocenters. The van der Waals surface area contributed by atoms with Crippen molar-refractivity contribution in [2.45, 2.75) is 18.9 Å². The fourth-order valence-electron chi connectivity index (χ4n) is 2.08. The molecule has 2 rings (SSSR count). The average molecular weight is 282 g/mol. The first kappa shape index (κ1) is 14.0. The van der Waals surface area contributed by atoms with Crippen LogP contribution < -0.4 is 5.73 Å². The van der Waals surface area contributed by atoms with Crippen LogP contribution in [0.3, 0.4) is 0 Å². The molecule has 0 saturated carbocycles. The van der Waals surface area contributed by atoms with E-state index in [0.717, 1.165) is 0 Å². The maximum Gasteiger partial charge on any atom is 0.128 e. The lowest BCUT2D eigenvalue weighted by Crippen LogP contribution is -2.36. The lowest BCUT2D eigenvalue weighted by molar-refractivity contribution is 0.447. The molecule has 19 heavy (non-hydrogen) atoms. The molecule has 0 amide bonds. The van der Waals surface area contributed by atoms with Gasteiger partial charge < -0.3 is 5.73 Å². The zero-order valence-corrected chi connectivity index (χ0v) is 11.2. The van der Waals surface area contributed by atoms with Gasteiger partial charge in [-0.1, -0.05) is 35.9 Å². The Morgan fingerprint density at radius 2 is 1.79 bits per heavy atom. The van der Waals surface area contributed by atoms with Crippen molar-refractivity contribution >= 4 is 11.6 Å². The van der Waals surface area contributed by atoms with Gasteiger partial charge in [0.15, 0.2) is 0 Å². The Hall–Kier alpha value is -1.45. The third-order valence-electron chi connectivity index (χ3n) is 3.06. The highest BCUT2D eigenvalue weighted by molar-refractivity contribution is 6.30. The number of benzene rings is 2. The van der Waals surface area contributed by atoms with Gasteiger partial charge in [0, 0.05) is 16.1 Å². The Bertz CT molecular complexity index is 596. The maximum absolute atomic E-state index is 13.8. The summed E-state index contributed by atoms with van der Waals surface area (Å²) < 4.78 is 27.5. The second-order valence-electron chi connectivity index (χ2n) is 4.81. The molecule has 1 nitrogen and oxygen atoms in total. The van der Waals surface area contributed by atoms with E-state index in [-0.39, 0.29) is 12.2 Å². The van der Waals surface area contributed by atoms with E-state index in [1.807, 2.05) is 0 Å².